The summed E-state index contributed by atoms with van der Waals surface area (Å²) in [5, 5.41) is 4.59. The van der Waals surface area contributed by atoms with Crippen molar-refractivity contribution in [1.29, 1.82) is 0 Å². The highest BCUT2D eigenvalue weighted by molar-refractivity contribution is 5.85. The van der Waals surface area contributed by atoms with E-state index in [9.17, 15) is 0 Å². The van der Waals surface area contributed by atoms with Crippen LogP contribution in [0.5, 0.6) is 5.75 Å². The standard InChI is InChI=1S/C36H36N6O/c1-43-34-20-28(39-30-11-3-2-10-29(30)34)22-37-21-25-15-17-26(18-16-25)23-42(24-35-40-31-12-4-5-13-32(31)41-35)33-14-6-8-27-9-7-19-38-36(27)33/h2-5,7,9-13,15-20,33,37H,6,8,14,21-24H2,1H3,(H,40,41). The van der Waals surface area contributed by atoms with E-state index in [1.807, 2.05) is 42.6 Å². The molecule has 3 aromatic carbocycles. The highest BCUT2D eigenvalue weighted by atomic mass is 16.5. The molecule has 0 aliphatic heterocycles. The lowest BCUT2D eigenvalue weighted by molar-refractivity contribution is 0.153. The van der Waals surface area contributed by atoms with Gasteiger partial charge in [0.15, 0.2) is 0 Å². The maximum Gasteiger partial charge on any atom is 0.130 e. The molecule has 0 radical (unpaired) electrons. The van der Waals surface area contributed by atoms with E-state index in [-0.39, 0.29) is 6.04 Å². The number of hydrogen-bond donors (Lipinski definition) is 2. The topological polar surface area (TPSA) is 79.0 Å². The predicted molar refractivity (Wildman–Crippen MR) is 171 cm³/mol. The monoisotopic (exact) mass is 568 g/mol. The van der Waals surface area contributed by atoms with E-state index in [1.165, 1.54) is 28.8 Å². The van der Waals surface area contributed by atoms with Crippen molar-refractivity contribution >= 4 is 21.9 Å². The lowest BCUT2D eigenvalue weighted by Crippen LogP contribution is -2.31. The van der Waals surface area contributed by atoms with Crippen LogP contribution in [-0.4, -0.2) is 31.9 Å². The highest BCUT2D eigenvalue weighted by Gasteiger charge is 2.28. The quantitative estimate of drug-likeness (QED) is 0.188. The van der Waals surface area contributed by atoms with E-state index >= 15 is 0 Å². The first-order valence-electron chi connectivity index (χ1n) is 15.1. The number of H-pyrrole nitrogens is 1. The molecule has 3 heterocycles. The van der Waals surface area contributed by atoms with Crippen LogP contribution in [0.1, 0.15) is 52.8 Å². The second-order valence-corrected chi connectivity index (χ2v) is 11.3. The number of aromatic amines is 1. The van der Waals surface area contributed by atoms with Crippen LogP contribution in [0.25, 0.3) is 21.9 Å². The summed E-state index contributed by atoms with van der Waals surface area (Å²) in [5.74, 6) is 1.85. The Morgan fingerprint density at radius 2 is 1.67 bits per heavy atom. The molecule has 3 aromatic heterocycles. The van der Waals surface area contributed by atoms with Gasteiger partial charge in [-0.05, 0) is 66.3 Å². The van der Waals surface area contributed by atoms with Crippen molar-refractivity contribution < 1.29 is 4.74 Å². The Bertz CT molecular complexity index is 1810. The molecule has 1 atom stereocenters. The molecule has 0 saturated carbocycles. The molecule has 43 heavy (non-hydrogen) atoms. The van der Waals surface area contributed by atoms with Crippen LogP contribution in [0.15, 0.2) is 97.2 Å². The zero-order chi connectivity index (χ0) is 29.0. The van der Waals surface area contributed by atoms with Gasteiger partial charge in [-0.15, -0.1) is 0 Å². The summed E-state index contributed by atoms with van der Waals surface area (Å²) in [5.41, 5.74) is 9.11. The normalized spacial score (nSPS) is 14.8. The zero-order valence-corrected chi connectivity index (χ0v) is 24.5. The van der Waals surface area contributed by atoms with Gasteiger partial charge in [0, 0.05) is 37.3 Å². The molecule has 1 unspecified atom stereocenters. The Morgan fingerprint density at radius 3 is 2.53 bits per heavy atom. The summed E-state index contributed by atoms with van der Waals surface area (Å²) in [6, 6.07) is 31.9. The Kier molecular flexibility index (Phi) is 7.82. The van der Waals surface area contributed by atoms with E-state index in [0.717, 1.165) is 71.7 Å². The minimum absolute atomic E-state index is 0.256. The number of fused-ring (bicyclic) bond motifs is 3. The molecule has 1 aliphatic carbocycles. The zero-order valence-electron chi connectivity index (χ0n) is 24.5. The predicted octanol–water partition coefficient (Wildman–Crippen LogP) is 6.88. The van der Waals surface area contributed by atoms with E-state index in [2.05, 4.69) is 69.8 Å². The molecule has 7 heteroatoms. The van der Waals surface area contributed by atoms with Crippen LogP contribution in [0.3, 0.4) is 0 Å². The van der Waals surface area contributed by atoms with E-state index < -0.39 is 0 Å². The Morgan fingerprint density at radius 1 is 0.860 bits per heavy atom. The molecule has 0 spiro atoms. The molecule has 0 saturated heterocycles. The van der Waals surface area contributed by atoms with Gasteiger partial charge in [-0.1, -0.05) is 54.6 Å². The first-order valence-corrected chi connectivity index (χ1v) is 15.1. The van der Waals surface area contributed by atoms with Gasteiger partial charge in [-0.3, -0.25) is 14.9 Å². The van der Waals surface area contributed by atoms with Crippen LogP contribution in [0, 0.1) is 0 Å². The molecule has 0 amide bonds. The molecular formula is C36H36N6O. The van der Waals surface area contributed by atoms with Crippen LogP contribution in [0.2, 0.25) is 0 Å². The van der Waals surface area contributed by atoms with Gasteiger partial charge in [0.1, 0.15) is 11.6 Å². The van der Waals surface area contributed by atoms with Gasteiger partial charge in [-0.25, -0.2) is 4.98 Å². The first-order chi connectivity index (χ1) is 21.2. The minimum Gasteiger partial charge on any atom is -0.496 e. The lowest BCUT2D eigenvalue weighted by Gasteiger charge is -2.34. The number of nitrogens with zero attached hydrogens (tertiary/aromatic N) is 4. The molecular weight excluding hydrogens is 532 g/mol. The molecule has 216 valence electrons. The third kappa shape index (κ3) is 6.00. The van der Waals surface area contributed by atoms with Crippen molar-refractivity contribution in [3.05, 3.63) is 131 Å². The fourth-order valence-corrected chi connectivity index (χ4v) is 6.28. The Balaban J connectivity index is 1.06. The summed E-state index contributed by atoms with van der Waals surface area (Å²) in [6.45, 7) is 3.00. The van der Waals surface area contributed by atoms with Gasteiger partial charge in [0.25, 0.3) is 0 Å². The molecule has 7 rings (SSSR count). The average Bonchev–Trinajstić information content (AvgIpc) is 3.47. The second kappa shape index (κ2) is 12.3. The summed E-state index contributed by atoms with van der Waals surface area (Å²) in [6.07, 6.45) is 5.30. The Hall–Kier alpha value is -4.59. The number of imidazole rings is 1. The van der Waals surface area contributed by atoms with E-state index in [0.29, 0.717) is 6.54 Å². The number of rotatable bonds is 10. The van der Waals surface area contributed by atoms with Crippen molar-refractivity contribution in [3.63, 3.8) is 0 Å². The average molecular weight is 569 g/mol. The van der Waals surface area contributed by atoms with Crippen molar-refractivity contribution in [3.8, 4) is 5.75 Å². The van der Waals surface area contributed by atoms with E-state index in [4.69, 9.17) is 19.7 Å². The minimum atomic E-state index is 0.256. The number of pyridine rings is 2. The number of methoxy groups -OCH3 is 1. The van der Waals surface area contributed by atoms with Gasteiger partial charge in [0.2, 0.25) is 0 Å². The number of hydrogen-bond acceptors (Lipinski definition) is 6. The smallest absolute Gasteiger partial charge is 0.130 e. The van der Waals surface area contributed by atoms with Gasteiger partial charge < -0.3 is 15.0 Å². The van der Waals surface area contributed by atoms with Crippen molar-refractivity contribution in [2.24, 2.45) is 0 Å². The van der Waals surface area contributed by atoms with Crippen LogP contribution in [-0.2, 0) is 32.6 Å². The number of aryl methyl sites for hydroxylation is 1. The molecule has 1 aliphatic rings. The summed E-state index contributed by atoms with van der Waals surface area (Å²) in [4.78, 5) is 20.7. The van der Waals surface area contributed by atoms with Gasteiger partial charge >= 0.3 is 0 Å². The van der Waals surface area contributed by atoms with Crippen molar-refractivity contribution in [1.82, 2.24) is 30.2 Å². The van der Waals surface area contributed by atoms with Crippen molar-refractivity contribution in [2.45, 2.75) is 51.5 Å². The van der Waals surface area contributed by atoms with Gasteiger partial charge in [-0.2, -0.15) is 0 Å². The number of benzene rings is 3. The summed E-state index contributed by atoms with van der Waals surface area (Å²) < 4.78 is 5.61. The number of ether oxygens (including phenoxy) is 1. The maximum atomic E-state index is 5.61. The molecule has 0 bridgehead atoms. The third-order valence-corrected chi connectivity index (χ3v) is 8.39. The SMILES string of the molecule is COc1cc(CNCc2ccc(CN(Cc3nc4ccccc4[nH]3)C3CCCc4cccnc43)cc2)nc2ccccc12. The number of nitrogens with one attached hydrogen (secondary N) is 2. The molecule has 7 nitrogen and oxygen atoms in total. The Labute approximate surface area is 252 Å². The molecule has 0 fully saturated rings. The second-order valence-electron chi connectivity index (χ2n) is 11.3. The van der Waals surface area contributed by atoms with Gasteiger partial charge in [0.05, 0.1) is 47.6 Å². The summed E-state index contributed by atoms with van der Waals surface area (Å²) in [7, 11) is 1.71. The number of para-hydroxylation sites is 3. The molecule has 2 N–H and O–H groups in total. The fraction of sp³-hybridized carbons (Fsp3) is 0.250. The van der Waals surface area contributed by atoms with Crippen LogP contribution >= 0.6 is 0 Å². The van der Waals surface area contributed by atoms with E-state index in [1.54, 1.807) is 7.11 Å². The summed E-state index contributed by atoms with van der Waals surface area (Å²) >= 11 is 0. The maximum absolute atomic E-state index is 5.61. The first kappa shape index (κ1) is 27.3. The molecule has 6 aromatic rings. The number of aromatic nitrogens is 4. The lowest BCUT2D eigenvalue weighted by atomic mass is 9.90. The highest BCUT2D eigenvalue weighted by Crippen LogP contribution is 2.35. The fourth-order valence-electron chi connectivity index (χ4n) is 6.28. The third-order valence-electron chi connectivity index (χ3n) is 8.39. The largest absolute Gasteiger partial charge is 0.496 e. The van der Waals surface area contributed by atoms with Crippen LogP contribution < -0.4 is 10.1 Å². The van der Waals surface area contributed by atoms with Crippen molar-refractivity contribution in [2.75, 3.05) is 7.11 Å². The van der Waals surface area contributed by atoms with Crippen LogP contribution in [0.4, 0.5) is 0 Å².